The van der Waals surface area contributed by atoms with Gasteiger partial charge in [0.1, 0.15) is 6.04 Å². The Morgan fingerprint density at radius 1 is 1.12 bits per heavy atom. The Morgan fingerprint density at radius 2 is 1.79 bits per heavy atom. The average molecular weight is 323 g/mol. The molecule has 0 radical (unpaired) electrons. The number of nitrogens with zero attached hydrogens (tertiary/aromatic N) is 1. The van der Waals surface area contributed by atoms with E-state index in [2.05, 4.69) is 48.2 Å². The van der Waals surface area contributed by atoms with E-state index in [4.69, 9.17) is 4.74 Å². The number of carbonyl (C=O) groups is 1. The first kappa shape index (κ1) is 16.7. The van der Waals surface area contributed by atoms with Gasteiger partial charge in [-0.05, 0) is 24.0 Å². The summed E-state index contributed by atoms with van der Waals surface area (Å²) in [4.78, 5) is 14.7. The summed E-state index contributed by atoms with van der Waals surface area (Å²) < 4.78 is 5.53. The number of esters is 1. The fourth-order valence-corrected chi connectivity index (χ4v) is 3.38. The summed E-state index contributed by atoms with van der Waals surface area (Å²) in [6, 6.07) is 20.8. The van der Waals surface area contributed by atoms with Crippen molar-refractivity contribution in [3.63, 3.8) is 0 Å². The minimum atomic E-state index is -0.0917. The third kappa shape index (κ3) is 3.85. The summed E-state index contributed by atoms with van der Waals surface area (Å²) in [5, 5.41) is 0. The molecule has 3 nitrogen and oxygen atoms in total. The number of hydrogen-bond acceptors (Lipinski definition) is 3. The molecule has 0 spiro atoms. The van der Waals surface area contributed by atoms with Crippen LogP contribution in [-0.2, 0) is 16.0 Å². The first-order chi connectivity index (χ1) is 11.8. The Kier molecular flexibility index (Phi) is 5.65. The van der Waals surface area contributed by atoms with Crippen LogP contribution in [0.25, 0.3) is 0 Å². The van der Waals surface area contributed by atoms with E-state index in [1.807, 2.05) is 24.3 Å². The fourth-order valence-electron chi connectivity index (χ4n) is 3.38. The topological polar surface area (TPSA) is 29.5 Å². The van der Waals surface area contributed by atoms with Gasteiger partial charge in [0.05, 0.1) is 6.61 Å². The number of ether oxygens (including phenoxy) is 1. The maximum absolute atomic E-state index is 12.4. The van der Waals surface area contributed by atoms with Gasteiger partial charge in [-0.1, -0.05) is 67.6 Å². The van der Waals surface area contributed by atoms with Gasteiger partial charge >= 0.3 is 5.97 Å². The number of carbonyl (C=O) groups excluding carboxylic acids is 1. The van der Waals surface area contributed by atoms with Crippen LogP contribution in [0.3, 0.4) is 0 Å². The zero-order chi connectivity index (χ0) is 16.8. The van der Waals surface area contributed by atoms with Crippen molar-refractivity contribution < 1.29 is 9.53 Å². The zero-order valence-corrected chi connectivity index (χ0v) is 14.2. The molecule has 2 atom stereocenters. The minimum absolute atomic E-state index is 0.0773. The van der Waals surface area contributed by atoms with Gasteiger partial charge in [0, 0.05) is 19.0 Å². The molecule has 2 unspecified atom stereocenters. The van der Waals surface area contributed by atoms with Crippen molar-refractivity contribution in [2.75, 3.05) is 13.2 Å². The maximum Gasteiger partial charge on any atom is 0.323 e. The van der Waals surface area contributed by atoms with Crippen molar-refractivity contribution in [3.05, 3.63) is 71.8 Å². The molecule has 2 aromatic rings. The van der Waals surface area contributed by atoms with Crippen molar-refractivity contribution in [1.29, 1.82) is 0 Å². The largest absolute Gasteiger partial charge is 0.464 e. The van der Waals surface area contributed by atoms with Crippen molar-refractivity contribution >= 4 is 5.97 Å². The van der Waals surface area contributed by atoms with E-state index in [0.29, 0.717) is 12.6 Å². The second-order valence-electron chi connectivity index (χ2n) is 6.28. The highest BCUT2D eigenvalue weighted by molar-refractivity contribution is 5.77. The molecule has 0 aliphatic carbocycles. The van der Waals surface area contributed by atoms with Gasteiger partial charge in [-0.25, -0.2) is 0 Å². The highest BCUT2D eigenvalue weighted by Crippen LogP contribution is 2.33. The lowest BCUT2D eigenvalue weighted by molar-refractivity contribution is -0.157. The summed E-state index contributed by atoms with van der Waals surface area (Å²) in [6.07, 6.45) is 2.67. The zero-order valence-electron chi connectivity index (χ0n) is 14.2. The smallest absolute Gasteiger partial charge is 0.323 e. The molecule has 1 heterocycles. The molecule has 3 rings (SSSR count). The Balaban J connectivity index is 1.53. The first-order valence-electron chi connectivity index (χ1n) is 8.81. The molecule has 2 aromatic carbocycles. The van der Waals surface area contributed by atoms with Crippen LogP contribution in [0.1, 0.15) is 36.9 Å². The van der Waals surface area contributed by atoms with E-state index in [1.165, 1.54) is 11.1 Å². The van der Waals surface area contributed by atoms with Crippen molar-refractivity contribution in [3.8, 4) is 0 Å². The third-order valence-electron chi connectivity index (χ3n) is 4.78. The summed E-state index contributed by atoms with van der Waals surface area (Å²) in [7, 11) is 0. The van der Waals surface area contributed by atoms with E-state index in [-0.39, 0.29) is 12.0 Å². The van der Waals surface area contributed by atoms with Crippen LogP contribution in [0.2, 0.25) is 0 Å². The van der Waals surface area contributed by atoms with Crippen LogP contribution in [0.4, 0.5) is 0 Å². The molecule has 0 bridgehead atoms. The Labute approximate surface area is 144 Å². The van der Waals surface area contributed by atoms with E-state index < -0.39 is 0 Å². The number of likely N-dealkylation sites (tertiary alicyclic amines) is 1. The monoisotopic (exact) mass is 323 g/mol. The third-order valence-corrected chi connectivity index (χ3v) is 4.78. The lowest BCUT2D eigenvalue weighted by atomic mass is 9.94. The second-order valence-corrected chi connectivity index (χ2v) is 6.28. The predicted octanol–water partition coefficient (Wildman–Crippen LogP) is 4.00. The molecule has 0 N–H and O–H groups in total. The van der Waals surface area contributed by atoms with Crippen molar-refractivity contribution in [2.24, 2.45) is 0 Å². The first-order valence-corrected chi connectivity index (χ1v) is 8.81. The fraction of sp³-hybridized carbons (Fsp3) is 0.381. The van der Waals surface area contributed by atoms with Crippen LogP contribution in [0, 0.1) is 0 Å². The minimum Gasteiger partial charge on any atom is -0.464 e. The van der Waals surface area contributed by atoms with Crippen LogP contribution in [-0.4, -0.2) is 30.1 Å². The van der Waals surface area contributed by atoms with Crippen LogP contribution < -0.4 is 0 Å². The molecular weight excluding hydrogens is 298 g/mol. The van der Waals surface area contributed by atoms with Gasteiger partial charge in [-0.15, -0.1) is 0 Å². The van der Waals surface area contributed by atoms with Gasteiger partial charge in [-0.2, -0.15) is 0 Å². The molecule has 126 valence electrons. The molecule has 1 aliphatic rings. The molecule has 0 amide bonds. The van der Waals surface area contributed by atoms with Crippen LogP contribution in [0.15, 0.2) is 60.7 Å². The van der Waals surface area contributed by atoms with Gasteiger partial charge in [0.2, 0.25) is 0 Å². The molecule has 3 heteroatoms. The van der Waals surface area contributed by atoms with E-state index in [9.17, 15) is 4.79 Å². The number of benzene rings is 2. The standard InChI is InChI=1S/C21H25NO2/c1-2-19(18-11-7-4-8-12-18)22-15-13-20(22)21(23)24-16-14-17-9-5-3-6-10-17/h3-12,19-20H,2,13-16H2,1H3. The Bertz CT molecular complexity index is 641. The molecule has 0 aromatic heterocycles. The van der Waals surface area contributed by atoms with Gasteiger partial charge in [-0.3, -0.25) is 9.69 Å². The summed E-state index contributed by atoms with van der Waals surface area (Å²) >= 11 is 0. The highest BCUT2D eigenvalue weighted by Gasteiger charge is 2.39. The van der Waals surface area contributed by atoms with E-state index in [1.54, 1.807) is 0 Å². The van der Waals surface area contributed by atoms with Gasteiger partial charge < -0.3 is 4.74 Å². The Hall–Kier alpha value is -2.13. The molecule has 24 heavy (non-hydrogen) atoms. The second kappa shape index (κ2) is 8.11. The van der Waals surface area contributed by atoms with Gasteiger partial charge in [0.15, 0.2) is 0 Å². The van der Waals surface area contributed by atoms with E-state index >= 15 is 0 Å². The van der Waals surface area contributed by atoms with Crippen molar-refractivity contribution in [1.82, 2.24) is 4.90 Å². The molecule has 1 saturated heterocycles. The normalized spacial score (nSPS) is 18.6. The van der Waals surface area contributed by atoms with Gasteiger partial charge in [0.25, 0.3) is 0 Å². The van der Waals surface area contributed by atoms with E-state index in [0.717, 1.165) is 25.8 Å². The summed E-state index contributed by atoms with van der Waals surface area (Å²) in [5.74, 6) is -0.0773. The molecule has 1 aliphatic heterocycles. The molecule has 0 saturated carbocycles. The van der Waals surface area contributed by atoms with Crippen LogP contribution in [0.5, 0.6) is 0 Å². The van der Waals surface area contributed by atoms with Crippen molar-refractivity contribution in [2.45, 2.75) is 38.3 Å². The molecule has 1 fully saturated rings. The van der Waals surface area contributed by atoms with Crippen LogP contribution >= 0.6 is 0 Å². The summed E-state index contributed by atoms with van der Waals surface area (Å²) in [5.41, 5.74) is 2.48. The average Bonchev–Trinajstić information content (AvgIpc) is 2.60. The number of rotatable bonds is 7. The quantitative estimate of drug-likeness (QED) is 0.721. The number of hydrogen-bond donors (Lipinski definition) is 0. The molecular formula is C21H25NO2. The lowest BCUT2D eigenvalue weighted by Crippen LogP contribution is -2.54. The highest BCUT2D eigenvalue weighted by atomic mass is 16.5. The summed E-state index contributed by atoms with van der Waals surface area (Å²) in [6.45, 7) is 3.59. The maximum atomic E-state index is 12.4. The Morgan fingerprint density at radius 3 is 2.38 bits per heavy atom. The SMILES string of the molecule is CCC(c1ccccc1)N1CCC1C(=O)OCCc1ccccc1. The predicted molar refractivity (Wildman–Crippen MR) is 95.7 cm³/mol. The lowest BCUT2D eigenvalue weighted by Gasteiger charge is -2.44.